The van der Waals surface area contributed by atoms with Crippen LogP contribution in [0.3, 0.4) is 0 Å². The van der Waals surface area contributed by atoms with E-state index >= 15 is 0 Å². The maximum Gasteiger partial charge on any atom is 0.0962 e. The zero-order valence-corrected chi connectivity index (χ0v) is 5.88. The molecule has 1 rings (SSSR count). The van der Waals surface area contributed by atoms with Crippen LogP contribution in [-0.4, -0.2) is 27.8 Å². The Bertz CT molecular complexity index is 87.1. The normalized spacial score (nSPS) is 45.0. The van der Waals surface area contributed by atoms with Gasteiger partial charge in [-0.3, -0.25) is 0 Å². The molecule has 0 aromatic heterocycles. The molecule has 0 radical (unpaired) electrons. The molecule has 1 aliphatic carbocycles. The van der Waals surface area contributed by atoms with Crippen LogP contribution in [0.1, 0.15) is 19.3 Å². The molecule has 0 aromatic carbocycles. The van der Waals surface area contributed by atoms with Crippen molar-refractivity contribution >= 4 is 11.6 Å². The van der Waals surface area contributed by atoms with E-state index in [1.165, 1.54) is 0 Å². The highest BCUT2D eigenvalue weighted by molar-refractivity contribution is 6.21. The average molecular weight is 151 g/mol. The molecule has 0 amide bonds. The zero-order chi connectivity index (χ0) is 6.85. The molecule has 2 N–H and O–H groups in total. The molecular formula is C6H11ClO2. The molecule has 54 valence electrons. The predicted molar refractivity (Wildman–Crippen MR) is 35.5 cm³/mol. The first kappa shape index (κ1) is 7.32. The van der Waals surface area contributed by atoms with E-state index in [2.05, 4.69) is 0 Å². The lowest BCUT2D eigenvalue weighted by molar-refractivity contribution is -0.00579. The Balaban J connectivity index is 2.41. The van der Waals surface area contributed by atoms with Gasteiger partial charge >= 0.3 is 0 Å². The highest BCUT2D eigenvalue weighted by Crippen LogP contribution is 2.22. The van der Waals surface area contributed by atoms with Crippen molar-refractivity contribution in [2.24, 2.45) is 0 Å². The summed E-state index contributed by atoms with van der Waals surface area (Å²) in [6, 6.07) is 0. The molecule has 0 aliphatic heterocycles. The van der Waals surface area contributed by atoms with Gasteiger partial charge in [0.05, 0.1) is 17.6 Å². The summed E-state index contributed by atoms with van der Waals surface area (Å²) in [5, 5.41) is 17.8. The van der Waals surface area contributed by atoms with Crippen molar-refractivity contribution < 1.29 is 10.2 Å². The van der Waals surface area contributed by atoms with Gasteiger partial charge in [0.2, 0.25) is 0 Å². The summed E-state index contributed by atoms with van der Waals surface area (Å²) < 4.78 is 0. The minimum Gasteiger partial charge on any atom is -0.390 e. The lowest BCUT2D eigenvalue weighted by Crippen LogP contribution is -2.37. The summed E-state index contributed by atoms with van der Waals surface area (Å²) in [7, 11) is 0. The Hall–Kier alpha value is 0.210. The van der Waals surface area contributed by atoms with Crippen LogP contribution in [0.25, 0.3) is 0 Å². The van der Waals surface area contributed by atoms with E-state index in [9.17, 15) is 0 Å². The van der Waals surface area contributed by atoms with Crippen LogP contribution in [0.2, 0.25) is 0 Å². The number of aliphatic hydroxyl groups is 2. The Morgan fingerprint density at radius 2 is 1.89 bits per heavy atom. The van der Waals surface area contributed by atoms with Gasteiger partial charge in [-0.15, -0.1) is 11.6 Å². The molecular weight excluding hydrogens is 140 g/mol. The molecule has 3 heteroatoms. The lowest BCUT2D eigenvalue weighted by atomic mass is 9.95. The first-order chi connectivity index (χ1) is 4.22. The minimum atomic E-state index is -0.708. The monoisotopic (exact) mass is 150 g/mol. The van der Waals surface area contributed by atoms with Gasteiger partial charge in [0.1, 0.15) is 0 Å². The van der Waals surface area contributed by atoms with Crippen molar-refractivity contribution in [3.63, 3.8) is 0 Å². The van der Waals surface area contributed by atoms with Gasteiger partial charge in [-0.1, -0.05) is 0 Å². The minimum absolute atomic E-state index is 0.242. The van der Waals surface area contributed by atoms with Gasteiger partial charge in [-0.2, -0.15) is 0 Å². The molecule has 0 bridgehead atoms. The fraction of sp³-hybridized carbons (Fsp3) is 1.00. The molecule has 1 saturated carbocycles. The largest absolute Gasteiger partial charge is 0.390 e. The van der Waals surface area contributed by atoms with E-state index in [1.807, 2.05) is 0 Å². The number of hydrogen-bond donors (Lipinski definition) is 2. The summed E-state index contributed by atoms with van der Waals surface area (Å²) in [6.07, 6.45) is 1.12. The third kappa shape index (κ3) is 1.57. The SMILES string of the molecule is O[C@H]1[C@H](Cl)CCC[C@@H]1O. The van der Waals surface area contributed by atoms with Crippen LogP contribution in [0.15, 0.2) is 0 Å². The molecule has 0 aromatic rings. The van der Waals surface area contributed by atoms with E-state index < -0.39 is 12.2 Å². The summed E-state index contributed by atoms with van der Waals surface area (Å²) in [5.74, 6) is 0. The topological polar surface area (TPSA) is 40.5 Å². The van der Waals surface area contributed by atoms with Crippen LogP contribution in [0.5, 0.6) is 0 Å². The molecule has 0 heterocycles. The van der Waals surface area contributed by atoms with Crippen LogP contribution in [-0.2, 0) is 0 Å². The molecule has 1 fully saturated rings. The molecule has 1 aliphatic rings. The summed E-state index contributed by atoms with van der Waals surface area (Å²) >= 11 is 5.65. The van der Waals surface area contributed by atoms with Gasteiger partial charge in [-0.25, -0.2) is 0 Å². The van der Waals surface area contributed by atoms with Gasteiger partial charge in [0.15, 0.2) is 0 Å². The van der Waals surface area contributed by atoms with Crippen molar-refractivity contribution in [1.29, 1.82) is 0 Å². The number of halogens is 1. The maximum atomic E-state index is 9.06. The smallest absolute Gasteiger partial charge is 0.0962 e. The second-order valence-electron chi connectivity index (χ2n) is 2.50. The molecule has 0 saturated heterocycles. The van der Waals surface area contributed by atoms with Crippen LogP contribution >= 0.6 is 11.6 Å². The number of aliphatic hydroxyl groups excluding tert-OH is 2. The Morgan fingerprint density at radius 3 is 2.33 bits per heavy atom. The number of rotatable bonds is 0. The lowest BCUT2D eigenvalue weighted by Gasteiger charge is -2.27. The van der Waals surface area contributed by atoms with Crippen LogP contribution in [0.4, 0.5) is 0 Å². The van der Waals surface area contributed by atoms with Gasteiger partial charge in [0, 0.05) is 0 Å². The maximum absolute atomic E-state index is 9.06. The highest BCUT2D eigenvalue weighted by atomic mass is 35.5. The van der Waals surface area contributed by atoms with E-state index in [4.69, 9.17) is 21.8 Å². The first-order valence-electron chi connectivity index (χ1n) is 3.22. The number of hydrogen-bond acceptors (Lipinski definition) is 2. The molecule has 0 unspecified atom stereocenters. The second-order valence-corrected chi connectivity index (χ2v) is 3.07. The molecule has 9 heavy (non-hydrogen) atoms. The molecule has 0 spiro atoms. The average Bonchev–Trinajstić information content (AvgIpc) is 1.83. The predicted octanol–water partition coefficient (Wildman–Crippen LogP) is 0.499. The molecule has 2 nitrogen and oxygen atoms in total. The van der Waals surface area contributed by atoms with Crippen molar-refractivity contribution in [1.82, 2.24) is 0 Å². The van der Waals surface area contributed by atoms with Gasteiger partial charge in [-0.05, 0) is 19.3 Å². The Morgan fingerprint density at radius 1 is 1.22 bits per heavy atom. The third-order valence-corrected chi connectivity index (χ3v) is 2.22. The fourth-order valence-corrected chi connectivity index (χ4v) is 1.43. The Labute approximate surface area is 59.4 Å². The van der Waals surface area contributed by atoms with E-state index in [-0.39, 0.29) is 5.38 Å². The van der Waals surface area contributed by atoms with Crippen LogP contribution < -0.4 is 0 Å². The first-order valence-corrected chi connectivity index (χ1v) is 3.65. The third-order valence-electron chi connectivity index (χ3n) is 1.74. The quantitative estimate of drug-likeness (QED) is 0.494. The summed E-state index contributed by atoms with van der Waals surface area (Å²) in [4.78, 5) is 0. The van der Waals surface area contributed by atoms with Crippen molar-refractivity contribution in [2.45, 2.75) is 36.8 Å². The van der Waals surface area contributed by atoms with E-state index in [0.717, 1.165) is 12.8 Å². The van der Waals surface area contributed by atoms with Crippen molar-refractivity contribution in [3.8, 4) is 0 Å². The van der Waals surface area contributed by atoms with E-state index in [1.54, 1.807) is 0 Å². The number of alkyl halides is 1. The standard InChI is InChI=1S/C6H11ClO2/c7-4-2-1-3-5(8)6(4)9/h4-6,8-9H,1-3H2/t4-,5+,6+/m1/s1. The fourth-order valence-electron chi connectivity index (χ4n) is 1.10. The van der Waals surface area contributed by atoms with Gasteiger partial charge < -0.3 is 10.2 Å². The van der Waals surface area contributed by atoms with Gasteiger partial charge in [0.25, 0.3) is 0 Å². The molecule has 3 atom stereocenters. The van der Waals surface area contributed by atoms with Crippen molar-refractivity contribution in [2.75, 3.05) is 0 Å². The van der Waals surface area contributed by atoms with E-state index in [0.29, 0.717) is 6.42 Å². The highest BCUT2D eigenvalue weighted by Gasteiger charge is 2.28. The van der Waals surface area contributed by atoms with Crippen LogP contribution in [0, 0.1) is 0 Å². The zero-order valence-electron chi connectivity index (χ0n) is 5.13. The van der Waals surface area contributed by atoms with Crippen molar-refractivity contribution in [3.05, 3.63) is 0 Å². The summed E-state index contributed by atoms with van der Waals surface area (Å²) in [6.45, 7) is 0. The Kier molecular flexibility index (Phi) is 2.33. The summed E-state index contributed by atoms with van der Waals surface area (Å²) in [5.41, 5.74) is 0. The second kappa shape index (κ2) is 2.86.